The van der Waals surface area contributed by atoms with Gasteiger partial charge in [-0.1, -0.05) is 13.3 Å². The molecular formula is C14H20O3. The Bertz CT molecular complexity index is 343. The van der Waals surface area contributed by atoms with E-state index in [2.05, 4.69) is 6.92 Å². The number of benzene rings is 1. The smallest absolute Gasteiger partial charge is 0.338 e. The third-order valence-corrected chi connectivity index (χ3v) is 2.40. The van der Waals surface area contributed by atoms with E-state index in [1.165, 1.54) is 0 Å². The van der Waals surface area contributed by atoms with Crippen LogP contribution in [0.2, 0.25) is 0 Å². The second-order valence-electron chi connectivity index (χ2n) is 3.96. The van der Waals surface area contributed by atoms with Gasteiger partial charge in [0.15, 0.2) is 0 Å². The van der Waals surface area contributed by atoms with E-state index in [0.717, 1.165) is 18.6 Å². The Hall–Kier alpha value is -1.51. The summed E-state index contributed by atoms with van der Waals surface area (Å²) in [5, 5.41) is 0. The van der Waals surface area contributed by atoms with Gasteiger partial charge < -0.3 is 9.47 Å². The van der Waals surface area contributed by atoms with E-state index in [4.69, 9.17) is 9.47 Å². The van der Waals surface area contributed by atoms with Crippen molar-refractivity contribution in [3.63, 3.8) is 0 Å². The van der Waals surface area contributed by atoms with Gasteiger partial charge in [-0.15, -0.1) is 0 Å². The summed E-state index contributed by atoms with van der Waals surface area (Å²) in [5.41, 5.74) is 0.558. The van der Waals surface area contributed by atoms with Crippen molar-refractivity contribution in [3.8, 4) is 5.75 Å². The van der Waals surface area contributed by atoms with Gasteiger partial charge in [0, 0.05) is 0 Å². The van der Waals surface area contributed by atoms with Crippen molar-refractivity contribution in [1.82, 2.24) is 0 Å². The molecule has 0 aromatic heterocycles. The molecule has 0 bridgehead atoms. The monoisotopic (exact) mass is 236 g/mol. The number of ether oxygens (including phenoxy) is 2. The lowest BCUT2D eigenvalue weighted by Gasteiger charge is -2.13. The summed E-state index contributed by atoms with van der Waals surface area (Å²) >= 11 is 0. The number of esters is 1. The normalized spacial score (nSPS) is 11.9. The molecule has 17 heavy (non-hydrogen) atoms. The highest BCUT2D eigenvalue weighted by Gasteiger charge is 2.07. The van der Waals surface area contributed by atoms with Crippen LogP contribution in [0.1, 0.15) is 44.0 Å². The van der Waals surface area contributed by atoms with Gasteiger partial charge in [0.2, 0.25) is 0 Å². The molecule has 1 aromatic carbocycles. The lowest BCUT2D eigenvalue weighted by atomic mass is 10.2. The predicted octanol–water partition coefficient (Wildman–Crippen LogP) is 3.43. The van der Waals surface area contributed by atoms with E-state index in [-0.39, 0.29) is 12.1 Å². The summed E-state index contributed by atoms with van der Waals surface area (Å²) in [6, 6.07) is 7.06. The molecule has 0 aliphatic rings. The molecule has 0 N–H and O–H groups in total. The van der Waals surface area contributed by atoms with Gasteiger partial charge in [0.25, 0.3) is 0 Å². The largest absolute Gasteiger partial charge is 0.491 e. The number of hydrogen-bond donors (Lipinski definition) is 0. The molecule has 1 rings (SSSR count). The third kappa shape index (κ3) is 4.47. The zero-order valence-corrected chi connectivity index (χ0v) is 10.7. The lowest BCUT2D eigenvalue weighted by Crippen LogP contribution is -2.11. The molecule has 0 radical (unpaired) electrons. The van der Waals surface area contributed by atoms with Crippen molar-refractivity contribution in [2.45, 2.75) is 39.7 Å². The van der Waals surface area contributed by atoms with Crippen molar-refractivity contribution in [3.05, 3.63) is 29.8 Å². The molecule has 0 saturated carbocycles. The molecule has 0 aliphatic heterocycles. The van der Waals surface area contributed by atoms with Gasteiger partial charge in [-0.05, 0) is 44.5 Å². The Labute approximate surface area is 103 Å². The second-order valence-corrected chi connectivity index (χ2v) is 3.96. The van der Waals surface area contributed by atoms with Crippen molar-refractivity contribution < 1.29 is 14.3 Å². The summed E-state index contributed by atoms with van der Waals surface area (Å²) < 4.78 is 10.6. The fraction of sp³-hybridized carbons (Fsp3) is 0.500. The summed E-state index contributed by atoms with van der Waals surface area (Å²) in [7, 11) is 0. The molecular weight excluding hydrogens is 216 g/mol. The van der Waals surface area contributed by atoms with E-state index in [1.54, 1.807) is 31.2 Å². The molecule has 3 nitrogen and oxygen atoms in total. The van der Waals surface area contributed by atoms with Crippen LogP contribution in [0, 0.1) is 0 Å². The van der Waals surface area contributed by atoms with Gasteiger partial charge in [-0.25, -0.2) is 4.79 Å². The average Bonchev–Trinajstić information content (AvgIpc) is 2.30. The van der Waals surface area contributed by atoms with E-state index in [9.17, 15) is 4.79 Å². The molecule has 0 aliphatic carbocycles. The molecule has 94 valence electrons. The maximum atomic E-state index is 11.4. The summed E-state index contributed by atoms with van der Waals surface area (Å²) in [5.74, 6) is 0.500. The van der Waals surface area contributed by atoms with Crippen LogP contribution in [0.25, 0.3) is 0 Å². The molecule has 0 spiro atoms. The van der Waals surface area contributed by atoms with Gasteiger partial charge in [0.05, 0.1) is 18.3 Å². The summed E-state index contributed by atoms with van der Waals surface area (Å²) in [6.07, 6.45) is 2.33. The molecule has 0 heterocycles. The fourth-order valence-corrected chi connectivity index (χ4v) is 1.58. The first-order valence-corrected chi connectivity index (χ1v) is 6.11. The second kappa shape index (κ2) is 6.94. The first-order chi connectivity index (χ1) is 8.17. The van der Waals surface area contributed by atoms with Gasteiger partial charge in [0.1, 0.15) is 5.75 Å². The molecule has 0 fully saturated rings. The fourth-order valence-electron chi connectivity index (χ4n) is 1.58. The molecule has 3 heteroatoms. The predicted molar refractivity (Wildman–Crippen MR) is 67.4 cm³/mol. The third-order valence-electron chi connectivity index (χ3n) is 2.40. The van der Waals surface area contributed by atoms with Crippen LogP contribution < -0.4 is 4.74 Å². The lowest BCUT2D eigenvalue weighted by molar-refractivity contribution is 0.0526. The van der Waals surface area contributed by atoms with Crippen molar-refractivity contribution in [2.75, 3.05) is 6.61 Å². The number of carbonyl (C=O) groups is 1. The highest BCUT2D eigenvalue weighted by molar-refractivity contribution is 5.89. The van der Waals surface area contributed by atoms with Crippen molar-refractivity contribution >= 4 is 5.97 Å². The van der Waals surface area contributed by atoms with E-state index in [0.29, 0.717) is 12.2 Å². The minimum atomic E-state index is -0.291. The Balaban J connectivity index is 2.58. The maximum absolute atomic E-state index is 11.4. The van der Waals surface area contributed by atoms with E-state index in [1.807, 2.05) is 6.92 Å². The summed E-state index contributed by atoms with van der Waals surface area (Å²) in [6.45, 7) is 6.36. The Morgan fingerprint density at radius 3 is 2.41 bits per heavy atom. The van der Waals surface area contributed by atoms with Crippen LogP contribution >= 0.6 is 0 Å². The molecule has 1 unspecified atom stereocenters. The highest BCUT2D eigenvalue weighted by atomic mass is 16.5. The van der Waals surface area contributed by atoms with Gasteiger partial charge in [-0.2, -0.15) is 0 Å². The summed E-state index contributed by atoms with van der Waals surface area (Å²) in [4.78, 5) is 11.4. The van der Waals surface area contributed by atoms with Gasteiger partial charge in [-0.3, -0.25) is 0 Å². The van der Waals surface area contributed by atoms with Gasteiger partial charge >= 0.3 is 5.97 Å². The number of rotatable bonds is 6. The van der Waals surface area contributed by atoms with Crippen LogP contribution in [0.4, 0.5) is 0 Å². The minimum absolute atomic E-state index is 0.202. The maximum Gasteiger partial charge on any atom is 0.338 e. The number of hydrogen-bond acceptors (Lipinski definition) is 3. The zero-order chi connectivity index (χ0) is 12.7. The average molecular weight is 236 g/mol. The Morgan fingerprint density at radius 2 is 1.88 bits per heavy atom. The van der Waals surface area contributed by atoms with Crippen LogP contribution in [0.5, 0.6) is 5.75 Å². The molecule has 1 aromatic rings. The molecule has 0 saturated heterocycles. The van der Waals surface area contributed by atoms with Crippen molar-refractivity contribution in [1.29, 1.82) is 0 Å². The zero-order valence-electron chi connectivity index (χ0n) is 10.7. The Kier molecular flexibility index (Phi) is 5.53. The SMILES string of the molecule is CCCC(C)Oc1ccc(C(=O)OCC)cc1. The quantitative estimate of drug-likeness (QED) is 0.710. The molecule has 1 atom stereocenters. The highest BCUT2D eigenvalue weighted by Crippen LogP contribution is 2.16. The van der Waals surface area contributed by atoms with Crippen molar-refractivity contribution in [2.24, 2.45) is 0 Å². The van der Waals surface area contributed by atoms with E-state index < -0.39 is 0 Å². The van der Waals surface area contributed by atoms with Crippen LogP contribution in [-0.2, 0) is 4.74 Å². The first kappa shape index (κ1) is 13.6. The Morgan fingerprint density at radius 1 is 1.24 bits per heavy atom. The standard InChI is InChI=1S/C14H20O3/c1-4-6-11(3)17-13-9-7-12(8-10-13)14(15)16-5-2/h7-11H,4-6H2,1-3H3. The topological polar surface area (TPSA) is 35.5 Å². The molecule has 0 amide bonds. The van der Waals surface area contributed by atoms with Crippen LogP contribution in [0.3, 0.4) is 0 Å². The van der Waals surface area contributed by atoms with E-state index >= 15 is 0 Å². The minimum Gasteiger partial charge on any atom is -0.491 e. The first-order valence-electron chi connectivity index (χ1n) is 6.11. The van der Waals surface area contributed by atoms with Crippen LogP contribution in [0.15, 0.2) is 24.3 Å². The van der Waals surface area contributed by atoms with Crippen LogP contribution in [-0.4, -0.2) is 18.7 Å². The number of carbonyl (C=O) groups excluding carboxylic acids is 1.